The Morgan fingerprint density at radius 2 is 2.19 bits per heavy atom. The van der Waals surface area contributed by atoms with Gasteiger partial charge in [0, 0.05) is 13.5 Å². The standard InChI is InChI=1S/C9H12N4OS2/c1-5-7(8-11-9(15)13-12-8)16-6(10-5)3-4-14-2/h3-4H2,1-2H3,(H2,11,12,13,15). The van der Waals surface area contributed by atoms with Gasteiger partial charge in [-0.2, -0.15) is 4.98 Å². The summed E-state index contributed by atoms with van der Waals surface area (Å²) in [5.41, 5.74) is 0.967. The number of rotatable bonds is 4. The van der Waals surface area contributed by atoms with E-state index in [-0.39, 0.29) is 0 Å². The Bertz CT molecular complexity index is 528. The number of nitrogens with zero attached hydrogens (tertiary/aromatic N) is 2. The molecule has 86 valence electrons. The first kappa shape index (κ1) is 11.4. The Morgan fingerprint density at radius 3 is 2.81 bits per heavy atom. The van der Waals surface area contributed by atoms with E-state index in [4.69, 9.17) is 17.0 Å². The summed E-state index contributed by atoms with van der Waals surface area (Å²) < 4.78 is 5.48. The minimum absolute atomic E-state index is 0.459. The van der Waals surface area contributed by atoms with Crippen LogP contribution in [0.5, 0.6) is 0 Å². The zero-order valence-corrected chi connectivity index (χ0v) is 10.7. The Labute approximate surface area is 102 Å². The molecule has 0 amide bonds. The van der Waals surface area contributed by atoms with Crippen LogP contribution in [0.3, 0.4) is 0 Å². The number of hydrogen-bond acceptors (Lipinski definition) is 5. The summed E-state index contributed by atoms with van der Waals surface area (Å²) in [6.07, 6.45) is 0.827. The van der Waals surface area contributed by atoms with Crippen LogP contribution < -0.4 is 0 Å². The molecule has 0 aromatic carbocycles. The van der Waals surface area contributed by atoms with Crippen LogP contribution in [-0.4, -0.2) is 33.9 Å². The Kier molecular flexibility index (Phi) is 3.47. The van der Waals surface area contributed by atoms with E-state index >= 15 is 0 Å². The van der Waals surface area contributed by atoms with Crippen LogP contribution in [0.15, 0.2) is 0 Å². The number of aromatic nitrogens is 4. The van der Waals surface area contributed by atoms with Gasteiger partial charge in [-0.05, 0) is 19.1 Å². The van der Waals surface area contributed by atoms with Crippen LogP contribution in [0.2, 0.25) is 0 Å². The molecule has 0 saturated heterocycles. The maximum Gasteiger partial charge on any atom is 0.213 e. The van der Waals surface area contributed by atoms with Crippen LogP contribution >= 0.6 is 23.6 Å². The summed E-state index contributed by atoms with van der Waals surface area (Å²) >= 11 is 6.53. The third-order valence-electron chi connectivity index (χ3n) is 2.08. The van der Waals surface area contributed by atoms with Crippen molar-refractivity contribution >= 4 is 23.6 Å². The highest BCUT2D eigenvalue weighted by atomic mass is 32.1. The summed E-state index contributed by atoms with van der Waals surface area (Å²) in [6.45, 7) is 2.65. The second kappa shape index (κ2) is 4.86. The van der Waals surface area contributed by atoms with E-state index in [9.17, 15) is 0 Å². The molecule has 2 N–H and O–H groups in total. The van der Waals surface area contributed by atoms with Crippen LogP contribution in [0.4, 0.5) is 0 Å². The highest BCUT2D eigenvalue weighted by molar-refractivity contribution is 7.71. The van der Waals surface area contributed by atoms with E-state index in [1.165, 1.54) is 0 Å². The summed E-state index contributed by atoms with van der Waals surface area (Å²) in [5, 5.41) is 6.76. The molecule has 2 rings (SSSR count). The summed E-state index contributed by atoms with van der Waals surface area (Å²) in [6, 6.07) is 0. The first-order chi connectivity index (χ1) is 7.70. The van der Waals surface area contributed by atoms with Crippen molar-refractivity contribution in [2.45, 2.75) is 13.3 Å². The lowest BCUT2D eigenvalue weighted by Gasteiger charge is -1.92. The molecule has 2 aromatic heterocycles. The van der Waals surface area contributed by atoms with E-state index < -0.39 is 0 Å². The van der Waals surface area contributed by atoms with E-state index in [2.05, 4.69) is 20.2 Å². The van der Waals surface area contributed by atoms with Crippen molar-refractivity contribution in [2.75, 3.05) is 13.7 Å². The fourth-order valence-electron chi connectivity index (χ4n) is 1.35. The largest absolute Gasteiger partial charge is 0.384 e. The molecule has 0 unspecified atom stereocenters. The third-order valence-corrected chi connectivity index (χ3v) is 3.49. The number of methoxy groups -OCH3 is 1. The molecule has 0 radical (unpaired) electrons. The monoisotopic (exact) mass is 256 g/mol. The first-order valence-electron chi connectivity index (χ1n) is 4.81. The molecule has 0 aliphatic carbocycles. The highest BCUT2D eigenvalue weighted by Gasteiger charge is 2.11. The topological polar surface area (TPSA) is 66.6 Å². The van der Waals surface area contributed by atoms with Gasteiger partial charge in [0.05, 0.1) is 22.2 Å². The normalized spacial score (nSPS) is 10.9. The second-order valence-corrected chi connectivity index (χ2v) is 4.75. The van der Waals surface area contributed by atoms with Gasteiger partial charge in [-0.1, -0.05) is 0 Å². The molecule has 0 bridgehead atoms. The SMILES string of the molecule is COCCc1nc(C)c(-c2nc(=S)[nH][nH]2)s1. The molecule has 0 aliphatic rings. The molecule has 2 aromatic rings. The molecule has 0 atom stereocenters. The number of hydrogen-bond donors (Lipinski definition) is 2. The van der Waals surface area contributed by atoms with Crippen molar-refractivity contribution in [3.63, 3.8) is 0 Å². The Balaban J connectivity index is 2.28. The number of nitrogens with one attached hydrogen (secondary N) is 2. The molecule has 0 fully saturated rings. The van der Waals surface area contributed by atoms with E-state index in [1.807, 2.05) is 6.92 Å². The molecular formula is C9H12N4OS2. The molecule has 16 heavy (non-hydrogen) atoms. The average Bonchev–Trinajstić information content (AvgIpc) is 2.82. The quantitative estimate of drug-likeness (QED) is 0.822. The van der Waals surface area contributed by atoms with Crippen LogP contribution in [0.1, 0.15) is 10.7 Å². The molecule has 7 heteroatoms. The summed E-state index contributed by atoms with van der Waals surface area (Å²) in [7, 11) is 1.69. The van der Waals surface area contributed by atoms with Crippen molar-refractivity contribution in [3.8, 4) is 10.7 Å². The molecular weight excluding hydrogens is 244 g/mol. The third kappa shape index (κ3) is 2.37. The lowest BCUT2D eigenvalue weighted by molar-refractivity contribution is 0.202. The minimum Gasteiger partial charge on any atom is -0.384 e. The molecule has 5 nitrogen and oxygen atoms in total. The number of thiazole rings is 1. The fourth-order valence-corrected chi connectivity index (χ4v) is 2.48. The molecule has 0 saturated carbocycles. The minimum atomic E-state index is 0.459. The maximum absolute atomic E-state index is 5.03. The van der Waals surface area contributed by atoms with Gasteiger partial charge < -0.3 is 4.74 Å². The van der Waals surface area contributed by atoms with Gasteiger partial charge in [0.1, 0.15) is 0 Å². The fraction of sp³-hybridized carbons (Fsp3) is 0.444. The van der Waals surface area contributed by atoms with Crippen molar-refractivity contribution in [1.29, 1.82) is 0 Å². The predicted molar refractivity (Wildman–Crippen MR) is 65.2 cm³/mol. The maximum atomic E-state index is 5.03. The van der Waals surface area contributed by atoms with Crippen LogP contribution in [0, 0.1) is 11.7 Å². The van der Waals surface area contributed by atoms with E-state index in [0.717, 1.165) is 27.8 Å². The average molecular weight is 256 g/mol. The zero-order chi connectivity index (χ0) is 11.5. The number of H-pyrrole nitrogens is 2. The van der Waals surface area contributed by atoms with Crippen molar-refractivity contribution in [3.05, 3.63) is 15.5 Å². The zero-order valence-electron chi connectivity index (χ0n) is 9.03. The van der Waals surface area contributed by atoms with Crippen molar-refractivity contribution in [2.24, 2.45) is 0 Å². The van der Waals surface area contributed by atoms with E-state index in [1.54, 1.807) is 18.4 Å². The Morgan fingerprint density at radius 1 is 1.38 bits per heavy atom. The van der Waals surface area contributed by atoms with Crippen molar-refractivity contribution in [1.82, 2.24) is 20.2 Å². The predicted octanol–water partition coefficient (Wildman–Crippen LogP) is 2.09. The van der Waals surface area contributed by atoms with Gasteiger partial charge in [0.2, 0.25) is 4.77 Å². The molecule has 2 heterocycles. The van der Waals surface area contributed by atoms with Crippen LogP contribution in [0.25, 0.3) is 10.7 Å². The van der Waals surface area contributed by atoms with E-state index in [0.29, 0.717) is 11.4 Å². The van der Waals surface area contributed by atoms with Gasteiger partial charge >= 0.3 is 0 Å². The summed E-state index contributed by atoms with van der Waals surface area (Å²) in [5.74, 6) is 0.753. The lowest BCUT2D eigenvalue weighted by atomic mass is 10.4. The smallest absolute Gasteiger partial charge is 0.213 e. The summed E-state index contributed by atoms with van der Waals surface area (Å²) in [4.78, 5) is 9.67. The number of ether oxygens (including phenoxy) is 1. The van der Waals surface area contributed by atoms with Gasteiger partial charge in [-0.3, -0.25) is 10.2 Å². The first-order valence-corrected chi connectivity index (χ1v) is 6.03. The van der Waals surface area contributed by atoms with Crippen LogP contribution in [-0.2, 0) is 11.2 Å². The van der Waals surface area contributed by atoms with Gasteiger partial charge in [-0.15, -0.1) is 11.3 Å². The molecule has 0 aliphatic heterocycles. The van der Waals surface area contributed by atoms with Crippen molar-refractivity contribution < 1.29 is 4.74 Å². The Hall–Kier alpha value is -1.05. The lowest BCUT2D eigenvalue weighted by Crippen LogP contribution is -1.93. The number of aromatic amines is 2. The number of aryl methyl sites for hydroxylation is 1. The molecule has 0 spiro atoms. The second-order valence-electron chi connectivity index (χ2n) is 3.28. The van der Waals surface area contributed by atoms with Gasteiger partial charge in [0.15, 0.2) is 5.82 Å². The van der Waals surface area contributed by atoms with Gasteiger partial charge in [-0.25, -0.2) is 4.98 Å². The highest BCUT2D eigenvalue weighted by Crippen LogP contribution is 2.27. The van der Waals surface area contributed by atoms with Gasteiger partial charge in [0.25, 0.3) is 0 Å².